The fraction of sp³-hybridized carbons (Fsp3) is 0.588. The zero-order valence-corrected chi connectivity index (χ0v) is 14.3. The van der Waals surface area contributed by atoms with E-state index in [0.717, 1.165) is 37.0 Å². The van der Waals surface area contributed by atoms with Crippen LogP contribution in [0.5, 0.6) is 5.75 Å². The number of hydrogen-bond donors (Lipinski definition) is 1. The minimum atomic E-state index is -0.452. The molecule has 0 unspecified atom stereocenters. The highest BCUT2D eigenvalue weighted by Crippen LogP contribution is 2.57. The third-order valence-corrected chi connectivity index (χ3v) is 6.38. The second kappa shape index (κ2) is 5.30. The Morgan fingerprint density at radius 1 is 1.22 bits per heavy atom. The molecule has 4 bridgehead atoms. The van der Waals surface area contributed by atoms with E-state index in [4.69, 9.17) is 4.99 Å². The molecule has 5 rings (SSSR count). The maximum absolute atomic E-state index is 11.0. The molecule has 1 aromatic carbocycles. The lowest BCUT2D eigenvalue weighted by atomic mass is 9.53. The van der Waals surface area contributed by atoms with Crippen LogP contribution in [0.2, 0.25) is 0 Å². The Morgan fingerprint density at radius 2 is 1.78 bits per heavy atom. The zero-order valence-electron chi connectivity index (χ0n) is 12.7. The molecule has 0 heterocycles. The molecule has 4 saturated carbocycles. The summed E-state index contributed by atoms with van der Waals surface area (Å²) in [7, 11) is 0. The molecule has 122 valence electrons. The third-order valence-electron chi connectivity index (χ3n) is 5.77. The predicted octanol–water partition coefficient (Wildman–Crippen LogP) is 4.45. The van der Waals surface area contributed by atoms with Gasteiger partial charge in [0.25, 0.3) is 5.69 Å². The van der Waals surface area contributed by atoms with Crippen molar-refractivity contribution in [2.45, 2.75) is 44.1 Å². The molecule has 0 saturated heterocycles. The molecule has 4 fully saturated rings. The van der Waals surface area contributed by atoms with Crippen LogP contribution >= 0.6 is 15.9 Å². The van der Waals surface area contributed by atoms with Gasteiger partial charge in [-0.05, 0) is 72.2 Å². The van der Waals surface area contributed by atoms with Crippen molar-refractivity contribution in [2.24, 2.45) is 22.7 Å². The third kappa shape index (κ3) is 2.67. The second-order valence-electron chi connectivity index (χ2n) is 7.52. The zero-order chi connectivity index (χ0) is 16.2. The Morgan fingerprint density at radius 3 is 2.30 bits per heavy atom. The molecule has 6 heteroatoms. The number of aliphatic imine (C=N–C) groups is 1. The van der Waals surface area contributed by atoms with Crippen LogP contribution in [-0.4, -0.2) is 21.8 Å². The minimum Gasteiger partial charge on any atom is -0.506 e. The molecular weight excluding hydrogens is 360 g/mol. The van der Waals surface area contributed by atoms with Crippen molar-refractivity contribution in [2.75, 3.05) is 0 Å². The molecule has 0 radical (unpaired) electrons. The number of nitro benzene ring substituents is 1. The highest BCUT2D eigenvalue weighted by molar-refractivity contribution is 9.10. The average Bonchev–Trinajstić information content (AvgIpc) is 2.47. The molecule has 5 nitrogen and oxygen atoms in total. The summed E-state index contributed by atoms with van der Waals surface area (Å²) in [5, 5.41) is 21.2. The van der Waals surface area contributed by atoms with E-state index in [1.165, 1.54) is 31.4 Å². The van der Waals surface area contributed by atoms with Crippen molar-refractivity contribution in [3.8, 4) is 5.75 Å². The minimum absolute atomic E-state index is 0.00170. The van der Waals surface area contributed by atoms with Crippen LogP contribution in [0, 0.1) is 27.9 Å². The molecule has 0 spiro atoms. The van der Waals surface area contributed by atoms with Crippen molar-refractivity contribution in [3.05, 3.63) is 32.3 Å². The number of nitro groups is 1. The number of aromatic hydroxyl groups is 1. The summed E-state index contributed by atoms with van der Waals surface area (Å²) in [6, 6.07) is 2.71. The average molecular weight is 379 g/mol. The summed E-state index contributed by atoms with van der Waals surface area (Å²) in [4.78, 5) is 15.4. The van der Waals surface area contributed by atoms with E-state index in [1.807, 2.05) is 0 Å². The Kier molecular flexibility index (Phi) is 3.48. The first-order valence-corrected chi connectivity index (χ1v) is 8.95. The summed E-state index contributed by atoms with van der Waals surface area (Å²) in [5.41, 5.74) is 0.377. The first-order valence-electron chi connectivity index (χ1n) is 8.16. The van der Waals surface area contributed by atoms with Crippen LogP contribution in [0.1, 0.15) is 44.1 Å². The first kappa shape index (κ1) is 15.1. The quantitative estimate of drug-likeness (QED) is 0.479. The SMILES string of the molecule is O=[N+]([O-])c1cc(Br)c(O)c(C=NC23CC4CC(CC(C4)C2)C3)c1. The van der Waals surface area contributed by atoms with Gasteiger partial charge >= 0.3 is 0 Å². The van der Waals surface area contributed by atoms with Crippen molar-refractivity contribution < 1.29 is 10.0 Å². The number of phenolic OH excluding ortho intramolecular Hbond substituents is 1. The van der Waals surface area contributed by atoms with E-state index in [2.05, 4.69) is 15.9 Å². The van der Waals surface area contributed by atoms with E-state index in [-0.39, 0.29) is 17.0 Å². The van der Waals surface area contributed by atoms with Crippen LogP contribution in [0.4, 0.5) is 5.69 Å². The van der Waals surface area contributed by atoms with Crippen LogP contribution < -0.4 is 0 Å². The smallest absolute Gasteiger partial charge is 0.271 e. The van der Waals surface area contributed by atoms with Gasteiger partial charge in [-0.3, -0.25) is 15.1 Å². The van der Waals surface area contributed by atoms with E-state index in [9.17, 15) is 15.2 Å². The van der Waals surface area contributed by atoms with Gasteiger partial charge in [-0.2, -0.15) is 0 Å². The number of nitrogens with zero attached hydrogens (tertiary/aromatic N) is 2. The summed E-state index contributed by atoms with van der Waals surface area (Å²) in [6.07, 6.45) is 9.10. The number of benzene rings is 1. The number of halogens is 1. The fourth-order valence-electron chi connectivity index (χ4n) is 5.24. The van der Waals surface area contributed by atoms with Gasteiger partial charge in [0.05, 0.1) is 14.9 Å². The van der Waals surface area contributed by atoms with Crippen molar-refractivity contribution in [1.29, 1.82) is 0 Å². The molecule has 0 aliphatic heterocycles. The summed E-state index contributed by atoms with van der Waals surface area (Å²) >= 11 is 3.18. The summed E-state index contributed by atoms with van der Waals surface area (Å²) in [5.74, 6) is 2.40. The van der Waals surface area contributed by atoms with Gasteiger partial charge in [-0.1, -0.05) is 0 Å². The van der Waals surface area contributed by atoms with Gasteiger partial charge in [-0.25, -0.2) is 0 Å². The highest BCUT2D eigenvalue weighted by Gasteiger charge is 2.50. The topological polar surface area (TPSA) is 75.7 Å². The maximum Gasteiger partial charge on any atom is 0.271 e. The van der Waals surface area contributed by atoms with Gasteiger partial charge in [-0.15, -0.1) is 0 Å². The van der Waals surface area contributed by atoms with Crippen LogP contribution in [-0.2, 0) is 0 Å². The second-order valence-corrected chi connectivity index (χ2v) is 8.38. The van der Waals surface area contributed by atoms with Crippen molar-refractivity contribution in [1.82, 2.24) is 0 Å². The number of phenols is 1. The standard InChI is InChI=1S/C17H19BrN2O3/c18-15-5-14(20(22)23)4-13(16(15)21)9-19-17-6-10-1-11(7-17)3-12(2-10)8-17/h4-5,9-12,21H,1-3,6-8H2. The van der Waals surface area contributed by atoms with Gasteiger partial charge in [0.15, 0.2) is 0 Å². The fourth-order valence-corrected chi connectivity index (χ4v) is 5.70. The number of hydrogen-bond acceptors (Lipinski definition) is 4. The van der Waals surface area contributed by atoms with Gasteiger partial charge in [0.2, 0.25) is 0 Å². The summed E-state index contributed by atoms with van der Waals surface area (Å²) < 4.78 is 0.332. The van der Waals surface area contributed by atoms with Crippen molar-refractivity contribution in [3.63, 3.8) is 0 Å². The van der Waals surface area contributed by atoms with Crippen molar-refractivity contribution >= 4 is 27.8 Å². The van der Waals surface area contributed by atoms with E-state index >= 15 is 0 Å². The van der Waals surface area contributed by atoms with Crippen LogP contribution in [0.3, 0.4) is 0 Å². The molecule has 1 N–H and O–H groups in total. The molecular formula is C17H19BrN2O3. The number of non-ortho nitro benzene ring substituents is 1. The Hall–Kier alpha value is -1.43. The molecule has 4 aliphatic rings. The van der Waals surface area contributed by atoms with E-state index in [1.54, 1.807) is 6.21 Å². The largest absolute Gasteiger partial charge is 0.506 e. The van der Waals surface area contributed by atoms with E-state index in [0.29, 0.717) is 10.0 Å². The lowest BCUT2D eigenvalue weighted by molar-refractivity contribution is -0.385. The first-order chi connectivity index (χ1) is 10.9. The highest BCUT2D eigenvalue weighted by atomic mass is 79.9. The molecule has 0 atom stereocenters. The normalized spacial score (nSPS) is 35.1. The Labute approximate surface area is 143 Å². The Bertz CT molecular complexity index is 666. The molecule has 0 aromatic heterocycles. The van der Waals surface area contributed by atoms with Crippen LogP contribution in [0.25, 0.3) is 0 Å². The predicted molar refractivity (Wildman–Crippen MR) is 91.0 cm³/mol. The van der Waals surface area contributed by atoms with Gasteiger partial charge < -0.3 is 5.11 Å². The molecule has 23 heavy (non-hydrogen) atoms. The number of rotatable bonds is 3. The summed E-state index contributed by atoms with van der Waals surface area (Å²) in [6.45, 7) is 0. The maximum atomic E-state index is 11.0. The van der Waals surface area contributed by atoms with Gasteiger partial charge in [0, 0.05) is 23.9 Å². The lowest BCUT2D eigenvalue weighted by Gasteiger charge is -2.54. The Balaban J connectivity index is 1.65. The monoisotopic (exact) mass is 378 g/mol. The molecule has 1 aromatic rings. The lowest BCUT2D eigenvalue weighted by Crippen LogP contribution is -2.49. The van der Waals surface area contributed by atoms with Crippen LogP contribution in [0.15, 0.2) is 21.6 Å². The van der Waals surface area contributed by atoms with Gasteiger partial charge in [0.1, 0.15) is 5.75 Å². The van der Waals surface area contributed by atoms with E-state index < -0.39 is 4.92 Å². The molecule has 4 aliphatic carbocycles. The molecule has 0 amide bonds.